The fraction of sp³-hybridized carbons (Fsp3) is 0.381. The zero-order valence-electron chi connectivity index (χ0n) is 18.1. The summed E-state index contributed by atoms with van der Waals surface area (Å²) in [6.45, 7) is 6.24. The van der Waals surface area contributed by atoms with Crippen molar-refractivity contribution in [3.05, 3.63) is 49.1 Å². The Morgan fingerprint density at radius 3 is 2.41 bits per heavy atom. The van der Waals surface area contributed by atoms with Crippen molar-refractivity contribution in [1.29, 1.82) is 0 Å². The lowest BCUT2D eigenvalue weighted by Crippen LogP contribution is -2.49. The van der Waals surface area contributed by atoms with Crippen LogP contribution in [-0.2, 0) is 10.0 Å². The number of aromatic nitrogens is 4. The Labute approximate surface area is 187 Å². The highest BCUT2D eigenvalue weighted by molar-refractivity contribution is 7.89. The van der Waals surface area contributed by atoms with Crippen molar-refractivity contribution in [3.8, 4) is 17.3 Å². The molecule has 170 valence electrons. The first-order valence-corrected chi connectivity index (χ1v) is 11.9. The van der Waals surface area contributed by atoms with Crippen molar-refractivity contribution < 1.29 is 17.9 Å². The van der Waals surface area contributed by atoms with Crippen LogP contribution in [0.3, 0.4) is 0 Å². The number of rotatable bonds is 8. The monoisotopic (exact) mass is 458 g/mol. The number of piperazine rings is 1. The molecule has 1 aliphatic rings. The molecular weight excluding hydrogens is 432 g/mol. The van der Waals surface area contributed by atoms with E-state index in [1.165, 1.54) is 10.6 Å². The van der Waals surface area contributed by atoms with Gasteiger partial charge in [0.25, 0.3) is 0 Å². The van der Waals surface area contributed by atoms with Crippen LogP contribution in [0, 0.1) is 0 Å². The van der Waals surface area contributed by atoms with Crippen LogP contribution >= 0.6 is 0 Å². The molecule has 1 aromatic carbocycles. The highest BCUT2D eigenvalue weighted by Crippen LogP contribution is 2.32. The molecule has 0 spiro atoms. The van der Waals surface area contributed by atoms with Crippen LogP contribution < -0.4 is 14.4 Å². The predicted molar refractivity (Wildman–Crippen MR) is 119 cm³/mol. The summed E-state index contributed by atoms with van der Waals surface area (Å²) in [5, 5.41) is 4.19. The van der Waals surface area contributed by atoms with E-state index < -0.39 is 10.0 Å². The molecule has 3 heterocycles. The summed E-state index contributed by atoms with van der Waals surface area (Å²) in [7, 11) is -3.72. The molecule has 0 amide bonds. The molecule has 2 aromatic heterocycles. The molecule has 11 heteroatoms. The van der Waals surface area contributed by atoms with Crippen LogP contribution in [0.1, 0.15) is 13.8 Å². The minimum Gasteiger partial charge on any atom is -0.494 e. The first-order chi connectivity index (χ1) is 15.5. The average molecular weight is 459 g/mol. The van der Waals surface area contributed by atoms with Crippen molar-refractivity contribution in [2.24, 2.45) is 0 Å². The maximum absolute atomic E-state index is 13.4. The largest absolute Gasteiger partial charge is 0.494 e. The number of sulfonamides is 1. The summed E-state index contributed by atoms with van der Waals surface area (Å²) in [5.74, 6) is 2.28. The van der Waals surface area contributed by atoms with Crippen LogP contribution in [0.15, 0.2) is 53.9 Å². The van der Waals surface area contributed by atoms with E-state index >= 15 is 0 Å². The molecule has 0 bridgehead atoms. The third-order valence-electron chi connectivity index (χ3n) is 5.08. The van der Waals surface area contributed by atoms with Gasteiger partial charge in [0.15, 0.2) is 5.82 Å². The summed E-state index contributed by atoms with van der Waals surface area (Å²) in [5.41, 5.74) is 0. The van der Waals surface area contributed by atoms with Crippen LogP contribution in [0.5, 0.6) is 11.5 Å². The minimum absolute atomic E-state index is 0.152. The number of benzene rings is 1. The average Bonchev–Trinajstić information content (AvgIpc) is 3.35. The van der Waals surface area contributed by atoms with Crippen LogP contribution in [0.25, 0.3) is 5.82 Å². The fourth-order valence-corrected chi connectivity index (χ4v) is 5.10. The first-order valence-electron chi connectivity index (χ1n) is 10.5. The molecular formula is C21H26N6O4S. The van der Waals surface area contributed by atoms with E-state index in [2.05, 4.69) is 15.1 Å². The minimum atomic E-state index is -3.72. The SMILES string of the molecule is CCOc1ccc(S(=O)(=O)N2CCN(c3cc(-n4cccn4)ncn3)CC2)c(OCC)c1. The Kier molecular flexibility index (Phi) is 6.56. The van der Waals surface area contributed by atoms with E-state index in [1.54, 1.807) is 29.1 Å². The van der Waals surface area contributed by atoms with Crippen LogP contribution in [0.2, 0.25) is 0 Å². The Morgan fingerprint density at radius 1 is 0.969 bits per heavy atom. The Bertz CT molecular complexity index is 1140. The number of nitrogens with zero attached hydrogens (tertiary/aromatic N) is 6. The summed E-state index contributed by atoms with van der Waals surface area (Å²) in [4.78, 5) is 10.8. The molecule has 0 unspecified atom stereocenters. The second-order valence-electron chi connectivity index (χ2n) is 7.05. The van der Waals surface area contributed by atoms with Crippen molar-refractivity contribution in [1.82, 2.24) is 24.1 Å². The standard InChI is InChI=1S/C21H26N6O4S/c1-3-30-17-6-7-19(18(14-17)31-4-2)32(28,29)26-12-10-25(11-13-26)20-15-21(23-16-22-20)27-9-5-8-24-27/h5-9,14-16H,3-4,10-13H2,1-2H3. The lowest BCUT2D eigenvalue weighted by atomic mass is 10.3. The van der Waals surface area contributed by atoms with Gasteiger partial charge in [0, 0.05) is 50.7 Å². The van der Waals surface area contributed by atoms with Crippen molar-refractivity contribution in [2.75, 3.05) is 44.3 Å². The summed E-state index contributed by atoms with van der Waals surface area (Å²) in [6, 6.07) is 8.51. The highest BCUT2D eigenvalue weighted by atomic mass is 32.2. The maximum atomic E-state index is 13.4. The molecule has 0 radical (unpaired) electrons. The van der Waals surface area contributed by atoms with Gasteiger partial charge in [-0.25, -0.2) is 23.1 Å². The van der Waals surface area contributed by atoms with Gasteiger partial charge in [-0.1, -0.05) is 0 Å². The molecule has 0 N–H and O–H groups in total. The van der Waals surface area contributed by atoms with E-state index in [9.17, 15) is 8.42 Å². The number of anilines is 1. The van der Waals surface area contributed by atoms with Crippen molar-refractivity contribution >= 4 is 15.8 Å². The number of ether oxygens (including phenoxy) is 2. The van der Waals surface area contributed by atoms with Crippen molar-refractivity contribution in [3.63, 3.8) is 0 Å². The van der Waals surface area contributed by atoms with Gasteiger partial charge in [-0.2, -0.15) is 9.40 Å². The van der Waals surface area contributed by atoms with Gasteiger partial charge in [0.2, 0.25) is 10.0 Å². The Morgan fingerprint density at radius 2 is 1.72 bits per heavy atom. The molecule has 1 aliphatic heterocycles. The predicted octanol–water partition coefficient (Wildman–Crippen LogP) is 1.97. The van der Waals surface area contributed by atoms with Crippen LogP contribution in [-0.4, -0.2) is 71.9 Å². The topological polar surface area (TPSA) is 103 Å². The van der Waals surface area contributed by atoms with Gasteiger partial charge in [-0.3, -0.25) is 0 Å². The maximum Gasteiger partial charge on any atom is 0.246 e. The van der Waals surface area contributed by atoms with Gasteiger partial charge < -0.3 is 14.4 Å². The lowest BCUT2D eigenvalue weighted by Gasteiger charge is -2.34. The number of hydrogen-bond acceptors (Lipinski definition) is 8. The molecule has 32 heavy (non-hydrogen) atoms. The van der Waals surface area contributed by atoms with Gasteiger partial charge in [0.05, 0.1) is 13.2 Å². The normalized spacial score (nSPS) is 15.0. The van der Waals surface area contributed by atoms with Crippen LogP contribution in [0.4, 0.5) is 5.82 Å². The van der Waals surface area contributed by atoms with Gasteiger partial charge in [-0.15, -0.1) is 0 Å². The zero-order chi connectivity index (χ0) is 22.6. The fourth-order valence-electron chi connectivity index (χ4n) is 3.56. The third kappa shape index (κ3) is 4.53. The van der Waals surface area contributed by atoms with E-state index in [-0.39, 0.29) is 4.90 Å². The second kappa shape index (κ2) is 9.53. The van der Waals surface area contributed by atoms with E-state index in [0.29, 0.717) is 56.7 Å². The Hall–Kier alpha value is -3.18. The smallest absolute Gasteiger partial charge is 0.246 e. The van der Waals surface area contributed by atoms with Gasteiger partial charge in [-0.05, 0) is 32.0 Å². The number of hydrogen-bond donors (Lipinski definition) is 0. The van der Waals surface area contributed by atoms with E-state index in [0.717, 1.165) is 5.82 Å². The lowest BCUT2D eigenvalue weighted by molar-refractivity contribution is 0.314. The molecule has 0 saturated carbocycles. The van der Waals surface area contributed by atoms with Crippen molar-refractivity contribution in [2.45, 2.75) is 18.7 Å². The zero-order valence-corrected chi connectivity index (χ0v) is 18.9. The molecule has 1 saturated heterocycles. The van der Waals surface area contributed by atoms with E-state index in [4.69, 9.17) is 9.47 Å². The quantitative estimate of drug-likeness (QED) is 0.505. The molecule has 0 aliphatic carbocycles. The molecule has 1 fully saturated rings. The highest BCUT2D eigenvalue weighted by Gasteiger charge is 2.31. The van der Waals surface area contributed by atoms with E-state index in [1.807, 2.05) is 37.1 Å². The summed E-state index contributed by atoms with van der Waals surface area (Å²) in [6.07, 6.45) is 4.98. The molecule has 4 rings (SSSR count). The molecule has 0 atom stereocenters. The van der Waals surface area contributed by atoms with Gasteiger partial charge >= 0.3 is 0 Å². The molecule has 3 aromatic rings. The first kappa shape index (κ1) is 22.0. The third-order valence-corrected chi connectivity index (χ3v) is 7.02. The second-order valence-corrected chi connectivity index (χ2v) is 8.96. The summed E-state index contributed by atoms with van der Waals surface area (Å²) >= 11 is 0. The molecule has 10 nitrogen and oxygen atoms in total. The summed E-state index contributed by atoms with van der Waals surface area (Å²) < 4.78 is 41.0. The Balaban J connectivity index is 1.50. The van der Waals surface area contributed by atoms with Gasteiger partial charge in [0.1, 0.15) is 28.5 Å².